The van der Waals surface area contributed by atoms with Crippen LogP contribution in [0.15, 0.2) is 12.4 Å². The van der Waals surface area contributed by atoms with E-state index in [1.165, 1.54) is 0 Å². The number of ether oxygens (including phenoxy) is 1. The largest absolute Gasteiger partial charge is 0.494 e. The third-order valence-corrected chi connectivity index (χ3v) is 2.21. The maximum atomic E-state index is 11.3. The molecular formula is C10H14N4O2. The molecule has 0 saturated heterocycles. The number of methoxy groups -OCH3 is 1. The van der Waals surface area contributed by atoms with Crippen LogP contribution in [0, 0.1) is 0 Å². The number of carbonyl (C=O) groups excluding carboxylic acids is 1. The molecule has 0 aromatic carbocycles. The molecule has 0 aliphatic heterocycles. The second-order valence-corrected chi connectivity index (χ2v) is 3.64. The fourth-order valence-electron chi connectivity index (χ4n) is 1.18. The number of carbonyl (C=O) groups is 1. The summed E-state index contributed by atoms with van der Waals surface area (Å²) in [6.07, 6.45) is 5.28. The Morgan fingerprint density at radius 1 is 1.50 bits per heavy atom. The molecule has 0 radical (unpaired) electrons. The summed E-state index contributed by atoms with van der Waals surface area (Å²) in [5, 5.41) is 5.70. The predicted octanol–water partition coefficient (Wildman–Crippen LogP) is 0.176. The molecule has 1 saturated carbocycles. The fourth-order valence-corrected chi connectivity index (χ4v) is 1.18. The second kappa shape index (κ2) is 4.78. The topological polar surface area (TPSA) is 76.1 Å². The maximum absolute atomic E-state index is 11.3. The molecule has 16 heavy (non-hydrogen) atoms. The van der Waals surface area contributed by atoms with Crippen LogP contribution in [-0.2, 0) is 4.79 Å². The van der Waals surface area contributed by atoms with E-state index in [0.29, 0.717) is 17.7 Å². The Labute approximate surface area is 93.4 Å². The predicted molar refractivity (Wildman–Crippen MR) is 58.2 cm³/mol. The molecule has 1 amide bonds. The number of anilines is 1. The Morgan fingerprint density at radius 2 is 2.19 bits per heavy atom. The number of nitrogens with zero attached hydrogens (tertiary/aromatic N) is 2. The zero-order valence-electron chi connectivity index (χ0n) is 9.06. The van der Waals surface area contributed by atoms with E-state index in [0.717, 1.165) is 12.8 Å². The van der Waals surface area contributed by atoms with E-state index in [-0.39, 0.29) is 12.5 Å². The highest BCUT2D eigenvalue weighted by Crippen LogP contribution is 2.18. The van der Waals surface area contributed by atoms with Gasteiger partial charge in [0.2, 0.25) is 11.9 Å². The monoisotopic (exact) mass is 222 g/mol. The van der Waals surface area contributed by atoms with Crippen LogP contribution in [0.2, 0.25) is 0 Å². The molecule has 1 aliphatic carbocycles. The van der Waals surface area contributed by atoms with Crippen LogP contribution < -0.4 is 15.4 Å². The highest BCUT2D eigenvalue weighted by Gasteiger charge is 2.22. The third-order valence-electron chi connectivity index (χ3n) is 2.21. The number of rotatable bonds is 5. The normalized spacial score (nSPS) is 14.3. The lowest BCUT2D eigenvalue weighted by molar-refractivity contribution is -0.119. The molecule has 1 aliphatic rings. The van der Waals surface area contributed by atoms with Crippen LogP contribution in [0.1, 0.15) is 12.8 Å². The number of hydrogen-bond donors (Lipinski definition) is 2. The van der Waals surface area contributed by atoms with Gasteiger partial charge in [0, 0.05) is 6.04 Å². The van der Waals surface area contributed by atoms with Gasteiger partial charge in [0.1, 0.15) is 0 Å². The quantitative estimate of drug-likeness (QED) is 0.743. The Hall–Kier alpha value is -1.85. The first-order valence-electron chi connectivity index (χ1n) is 5.17. The third kappa shape index (κ3) is 3.08. The summed E-state index contributed by atoms with van der Waals surface area (Å²) in [6.45, 7) is 0.197. The minimum Gasteiger partial charge on any atom is -0.494 e. The van der Waals surface area contributed by atoms with Gasteiger partial charge < -0.3 is 15.4 Å². The highest BCUT2D eigenvalue weighted by atomic mass is 16.5. The molecule has 6 heteroatoms. The van der Waals surface area contributed by atoms with Crippen LogP contribution in [0.4, 0.5) is 5.95 Å². The van der Waals surface area contributed by atoms with Gasteiger partial charge in [0.25, 0.3) is 0 Å². The molecule has 0 atom stereocenters. The van der Waals surface area contributed by atoms with Gasteiger partial charge in [-0.3, -0.25) is 4.79 Å². The molecule has 1 aromatic heterocycles. The van der Waals surface area contributed by atoms with E-state index in [1.807, 2.05) is 0 Å². The van der Waals surface area contributed by atoms with E-state index >= 15 is 0 Å². The Morgan fingerprint density at radius 3 is 2.75 bits per heavy atom. The van der Waals surface area contributed by atoms with Gasteiger partial charge in [0.15, 0.2) is 5.75 Å². The van der Waals surface area contributed by atoms with Crippen molar-refractivity contribution in [3.8, 4) is 5.75 Å². The summed E-state index contributed by atoms with van der Waals surface area (Å²) in [5.41, 5.74) is 0. The van der Waals surface area contributed by atoms with Crippen molar-refractivity contribution < 1.29 is 9.53 Å². The summed E-state index contributed by atoms with van der Waals surface area (Å²) in [7, 11) is 1.55. The van der Waals surface area contributed by atoms with Crippen LogP contribution >= 0.6 is 0 Å². The second-order valence-electron chi connectivity index (χ2n) is 3.64. The molecular weight excluding hydrogens is 208 g/mol. The van der Waals surface area contributed by atoms with Gasteiger partial charge in [-0.2, -0.15) is 0 Å². The summed E-state index contributed by atoms with van der Waals surface area (Å²) in [4.78, 5) is 19.3. The molecule has 2 N–H and O–H groups in total. The average Bonchev–Trinajstić information content (AvgIpc) is 3.11. The Kier molecular flexibility index (Phi) is 3.19. The lowest BCUT2D eigenvalue weighted by Crippen LogP contribution is -2.31. The van der Waals surface area contributed by atoms with Gasteiger partial charge >= 0.3 is 0 Å². The lowest BCUT2D eigenvalue weighted by atomic mass is 10.5. The van der Waals surface area contributed by atoms with Gasteiger partial charge in [-0.25, -0.2) is 9.97 Å². The van der Waals surface area contributed by atoms with Gasteiger partial charge in [-0.15, -0.1) is 0 Å². The van der Waals surface area contributed by atoms with Gasteiger partial charge in [-0.05, 0) is 12.8 Å². The molecule has 86 valence electrons. The SMILES string of the molecule is COc1cnc(NCC(=O)NC2CC2)nc1. The van der Waals surface area contributed by atoms with E-state index in [2.05, 4.69) is 20.6 Å². The van der Waals surface area contributed by atoms with E-state index in [1.54, 1.807) is 19.5 Å². The fraction of sp³-hybridized carbons (Fsp3) is 0.500. The average molecular weight is 222 g/mol. The summed E-state index contributed by atoms with van der Waals surface area (Å²) in [6, 6.07) is 0.381. The van der Waals surface area contributed by atoms with Crippen molar-refractivity contribution in [3.05, 3.63) is 12.4 Å². The summed E-state index contributed by atoms with van der Waals surface area (Å²) >= 11 is 0. The first kappa shape index (κ1) is 10.7. The first-order chi connectivity index (χ1) is 7.78. The van der Waals surface area contributed by atoms with Gasteiger partial charge in [0.05, 0.1) is 26.0 Å². The minimum absolute atomic E-state index is 0.0260. The van der Waals surface area contributed by atoms with Crippen LogP contribution in [0.5, 0.6) is 5.75 Å². The van der Waals surface area contributed by atoms with E-state index in [9.17, 15) is 4.79 Å². The molecule has 2 rings (SSSR count). The minimum atomic E-state index is -0.0260. The first-order valence-corrected chi connectivity index (χ1v) is 5.17. The molecule has 1 aromatic rings. The van der Waals surface area contributed by atoms with Crippen LogP contribution in [-0.4, -0.2) is 35.6 Å². The van der Waals surface area contributed by atoms with E-state index in [4.69, 9.17) is 4.74 Å². The van der Waals surface area contributed by atoms with Crippen molar-refractivity contribution in [2.45, 2.75) is 18.9 Å². The molecule has 0 unspecified atom stereocenters. The zero-order chi connectivity index (χ0) is 11.4. The maximum Gasteiger partial charge on any atom is 0.239 e. The van der Waals surface area contributed by atoms with Crippen molar-refractivity contribution >= 4 is 11.9 Å². The van der Waals surface area contributed by atoms with Crippen molar-refractivity contribution in [3.63, 3.8) is 0 Å². The highest BCUT2D eigenvalue weighted by molar-refractivity contribution is 5.80. The zero-order valence-corrected chi connectivity index (χ0v) is 9.06. The molecule has 1 heterocycles. The van der Waals surface area contributed by atoms with E-state index < -0.39 is 0 Å². The standard InChI is InChI=1S/C10H14N4O2/c1-16-8-4-11-10(12-5-8)13-6-9(15)14-7-2-3-7/h4-5,7H,2-3,6H2,1H3,(H,14,15)(H,11,12,13). The van der Waals surface area contributed by atoms with Gasteiger partial charge in [-0.1, -0.05) is 0 Å². The van der Waals surface area contributed by atoms with Crippen LogP contribution in [0.3, 0.4) is 0 Å². The van der Waals surface area contributed by atoms with Crippen molar-refractivity contribution in [1.82, 2.24) is 15.3 Å². The summed E-state index contributed by atoms with van der Waals surface area (Å²) in [5.74, 6) is 0.988. The number of amides is 1. The van der Waals surface area contributed by atoms with Crippen molar-refractivity contribution in [1.29, 1.82) is 0 Å². The molecule has 0 bridgehead atoms. The number of nitrogens with one attached hydrogen (secondary N) is 2. The number of hydrogen-bond acceptors (Lipinski definition) is 5. The Bertz CT molecular complexity index is 362. The smallest absolute Gasteiger partial charge is 0.239 e. The van der Waals surface area contributed by atoms with Crippen molar-refractivity contribution in [2.24, 2.45) is 0 Å². The Balaban J connectivity index is 1.76. The van der Waals surface area contributed by atoms with Crippen molar-refractivity contribution in [2.75, 3.05) is 19.0 Å². The summed E-state index contributed by atoms with van der Waals surface area (Å²) < 4.78 is 4.92. The lowest BCUT2D eigenvalue weighted by Gasteiger charge is -2.05. The number of aromatic nitrogens is 2. The van der Waals surface area contributed by atoms with Crippen LogP contribution in [0.25, 0.3) is 0 Å². The molecule has 6 nitrogen and oxygen atoms in total. The molecule has 1 fully saturated rings. The molecule has 0 spiro atoms.